The number of nitrogens with zero attached hydrogens (tertiary/aromatic N) is 1. The van der Waals surface area contributed by atoms with Crippen LogP contribution < -0.4 is 10.1 Å². The maximum atomic E-state index is 14.5. The molecule has 1 saturated heterocycles. The van der Waals surface area contributed by atoms with Crippen molar-refractivity contribution >= 4 is 29.7 Å². The molecule has 0 bridgehead atoms. The van der Waals surface area contributed by atoms with Crippen LogP contribution in [0.25, 0.3) is 10.6 Å². The van der Waals surface area contributed by atoms with E-state index in [1.807, 2.05) is 6.92 Å². The van der Waals surface area contributed by atoms with Crippen molar-refractivity contribution in [3.63, 3.8) is 0 Å². The summed E-state index contributed by atoms with van der Waals surface area (Å²) in [6.07, 6.45) is 1.50. The van der Waals surface area contributed by atoms with Gasteiger partial charge in [0, 0.05) is 24.2 Å². The number of aromatic nitrogens is 1. The average molecular weight is 389 g/mol. The minimum atomic E-state index is -1.34. The van der Waals surface area contributed by atoms with Crippen LogP contribution in [0.2, 0.25) is 0 Å². The molecule has 1 aliphatic heterocycles. The zero-order chi connectivity index (χ0) is 17.1. The Kier molecular flexibility index (Phi) is 6.71. The fourth-order valence-electron chi connectivity index (χ4n) is 2.39. The van der Waals surface area contributed by atoms with Gasteiger partial charge in [-0.05, 0) is 19.1 Å². The Labute approximate surface area is 154 Å². The average Bonchev–Trinajstić information content (AvgIpc) is 3.00. The largest absolute Gasteiger partial charge is 0.491 e. The normalized spacial score (nSPS) is 17.0. The van der Waals surface area contributed by atoms with Gasteiger partial charge in [0.05, 0.1) is 17.7 Å². The van der Waals surface area contributed by atoms with Gasteiger partial charge >= 0.3 is 5.97 Å². The van der Waals surface area contributed by atoms with Crippen LogP contribution in [0.1, 0.15) is 15.2 Å². The molecule has 2 heterocycles. The van der Waals surface area contributed by atoms with Gasteiger partial charge in [-0.3, -0.25) is 0 Å². The Morgan fingerprint density at radius 2 is 2.36 bits per heavy atom. The highest BCUT2D eigenvalue weighted by atomic mass is 35.5. The van der Waals surface area contributed by atoms with Crippen molar-refractivity contribution < 1.29 is 23.8 Å². The first-order valence-corrected chi connectivity index (χ1v) is 8.31. The third kappa shape index (κ3) is 4.66. The second-order valence-electron chi connectivity index (χ2n) is 5.42. The Bertz CT molecular complexity index is 750. The monoisotopic (exact) mass is 388 g/mol. The van der Waals surface area contributed by atoms with E-state index in [9.17, 15) is 14.3 Å². The maximum Gasteiger partial charge on any atom is 0.338 e. The summed E-state index contributed by atoms with van der Waals surface area (Å²) in [6, 6.07) is 2.67. The molecule has 1 fully saturated rings. The molecule has 25 heavy (non-hydrogen) atoms. The van der Waals surface area contributed by atoms with Crippen LogP contribution in [0.3, 0.4) is 0 Å². The van der Waals surface area contributed by atoms with E-state index < -0.39 is 17.3 Å². The van der Waals surface area contributed by atoms with E-state index >= 15 is 0 Å². The molecule has 2 N–H and O–H groups in total. The zero-order valence-electron chi connectivity index (χ0n) is 13.5. The molecule has 2 aromatic rings. The summed E-state index contributed by atoms with van der Waals surface area (Å²) in [5.41, 5.74) is -0.302. The maximum absolute atomic E-state index is 14.5. The van der Waals surface area contributed by atoms with Crippen LogP contribution in [0.5, 0.6) is 5.75 Å². The van der Waals surface area contributed by atoms with Gasteiger partial charge in [-0.1, -0.05) is 0 Å². The number of aryl methyl sites for hydroxylation is 1. The molecule has 136 valence electrons. The van der Waals surface area contributed by atoms with Crippen molar-refractivity contribution in [3.8, 4) is 16.3 Å². The number of ether oxygens (including phenoxy) is 2. The summed E-state index contributed by atoms with van der Waals surface area (Å²) in [5.74, 6) is -1.87. The molecule has 0 aliphatic carbocycles. The first-order valence-electron chi connectivity index (χ1n) is 7.49. The molecule has 1 aromatic carbocycles. The summed E-state index contributed by atoms with van der Waals surface area (Å²) in [4.78, 5) is 16.4. The van der Waals surface area contributed by atoms with E-state index in [2.05, 4.69) is 10.3 Å². The van der Waals surface area contributed by atoms with Crippen LogP contribution in [0.15, 0.2) is 18.3 Å². The van der Waals surface area contributed by atoms with E-state index in [0.29, 0.717) is 18.2 Å². The molecule has 1 aromatic heterocycles. The highest BCUT2D eigenvalue weighted by Crippen LogP contribution is 2.32. The molecule has 0 saturated carbocycles. The van der Waals surface area contributed by atoms with Crippen LogP contribution in [-0.2, 0) is 4.74 Å². The summed E-state index contributed by atoms with van der Waals surface area (Å²) < 4.78 is 25.7. The van der Waals surface area contributed by atoms with E-state index in [1.54, 1.807) is 6.20 Å². The SMILES string of the molecule is Cc1cnc(-c2cc(OCC3CNCCO3)cc(C(=O)O)c2F)s1.Cl. The molecule has 1 aliphatic rings. The van der Waals surface area contributed by atoms with Crippen molar-refractivity contribution in [2.75, 3.05) is 26.3 Å². The van der Waals surface area contributed by atoms with Crippen LogP contribution in [0.4, 0.5) is 4.39 Å². The summed E-state index contributed by atoms with van der Waals surface area (Å²) in [7, 11) is 0. The van der Waals surface area contributed by atoms with Crippen LogP contribution in [0, 0.1) is 12.7 Å². The number of thiazole rings is 1. The van der Waals surface area contributed by atoms with Crippen molar-refractivity contribution in [3.05, 3.63) is 34.6 Å². The van der Waals surface area contributed by atoms with E-state index in [4.69, 9.17) is 9.47 Å². The predicted molar refractivity (Wildman–Crippen MR) is 94.6 cm³/mol. The van der Waals surface area contributed by atoms with Gasteiger partial charge in [-0.25, -0.2) is 14.2 Å². The fraction of sp³-hybridized carbons (Fsp3) is 0.375. The van der Waals surface area contributed by atoms with Gasteiger partial charge in [0.15, 0.2) is 0 Å². The molecular formula is C16H18ClFN2O4S. The third-order valence-corrected chi connectivity index (χ3v) is 4.51. The molecule has 1 unspecified atom stereocenters. The van der Waals surface area contributed by atoms with Gasteiger partial charge in [0.25, 0.3) is 0 Å². The molecule has 1 atom stereocenters. The minimum Gasteiger partial charge on any atom is -0.491 e. The van der Waals surface area contributed by atoms with E-state index in [0.717, 1.165) is 11.4 Å². The number of aromatic carboxylic acids is 1. The van der Waals surface area contributed by atoms with Crippen molar-refractivity contribution in [1.82, 2.24) is 10.3 Å². The standard InChI is InChI=1S/C16H17FN2O4S.ClH/c1-9-6-19-15(24-9)12-4-10(5-13(14(12)17)16(20)21)23-8-11-7-18-2-3-22-11;/h4-6,11,18H,2-3,7-8H2,1H3,(H,20,21);1H. The number of hydrogen-bond acceptors (Lipinski definition) is 6. The molecule has 9 heteroatoms. The van der Waals surface area contributed by atoms with Gasteiger partial charge in [0.1, 0.15) is 29.3 Å². The highest BCUT2D eigenvalue weighted by molar-refractivity contribution is 7.14. The fourth-order valence-corrected chi connectivity index (χ4v) is 3.16. The Morgan fingerprint density at radius 3 is 2.96 bits per heavy atom. The van der Waals surface area contributed by atoms with Gasteiger partial charge in [0.2, 0.25) is 0 Å². The lowest BCUT2D eigenvalue weighted by atomic mass is 10.1. The summed E-state index contributed by atoms with van der Waals surface area (Å²) in [6.45, 7) is 4.16. The number of hydrogen-bond donors (Lipinski definition) is 2. The van der Waals surface area contributed by atoms with Gasteiger partial charge < -0.3 is 19.9 Å². The van der Waals surface area contributed by atoms with E-state index in [-0.39, 0.29) is 36.4 Å². The smallest absolute Gasteiger partial charge is 0.338 e. The zero-order valence-corrected chi connectivity index (χ0v) is 15.1. The van der Waals surface area contributed by atoms with Crippen molar-refractivity contribution in [1.29, 1.82) is 0 Å². The second-order valence-corrected chi connectivity index (χ2v) is 6.66. The first-order chi connectivity index (χ1) is 11.5. The quantitative estimate of drug-likeness (QED) is 0.819. The number of morpholine rings is 1. The Hall–Kier alpha value is -1.74. The lowest BCUT2D eigenvalue weighted by Gasteiger charge is -2.23. The molecular weight excluding hydrogens is 371 g/mol. The molecule has 0 amide bonds. The van der Waals surface area contributed by atoms with E-state index in [1.165, 1.54) is 23.5 Å². The number of carbonyl (C=O) groups is 1. The number of carboxylic acids is 1. The molecule has 6 nitrogen and oxygen atoms in total. The second kappa shape index (κ2) is 8.57. The predicted octanol–water partition coefficient (Wildman–Crippen LogP) is 2.74. The number of halogens is 2. The van der Waals surface area contributed by atoms with Crippen molar-refractivity contribution in [2.45, 2.75) is 13.0 Å². The lowest BCUT2D eigenvalue weighted by molar-refractivity contribution is 0.000175. The van der Waals surface area contributed by atoms with Crippen molar-refractivity contribution in [2.24, 2.45) is 0 Å². The van der Waals surface area contributed by atoms with Crippen LogP contribution >= 0.6 is 23.7 Å². The minimum absolute atomic E-state index is 0. The number of carboxylic acid groups (broad SMARTS) is 1. The topological polar surface area (TPSA) is 80.7 Å². The van der Waals surface area contributed by atoms with Gasteiger partial charge in [-0.2, -0.15) is 0 Å². The molecule has 3 rings (SSSR count). The third-order valence-electron chi connectivity index (χ3n) is 3.57. The molecule has 0 spiro atoms. The van der Waals surface area contributed by atoms with Crippen LogP contribution in [-0.4, -0.2) is 48.5 Å². The van der Waals surface area contributed by atoms with Gasteiger partial charge in [-0.15, -0.1) is 23.7 Å². The Balaban J connectivity index is 0.00000225. The first kappa shape index (κ1) is 19.6. The Morgan fingerprint density at radius 1 is 1.56 bits per heavy atom. The number of benzene rings is 1. The summed E-state index contributed by atoms with van der Waals surface area (Å²) in [5, 5.41) is 12.8. The molecule has 0 radical (unpaired) electrons. The number of rotatable bonds is 5. The number of nitrogens with one attached hydrogen (secondary N) is 1. The highest BCUT2D eigenvalue weighted by Gasteiger charge is 2.21. The lowest BCUT2D eigenvalue weighted by Crippen LogP contribution is -2.41. The summed E-state index contributed by atoms with van der Waals surface area (Å²) >= 11 is 1.30.